The summed E-state index contributed by atoms with van der Waals surface area (Å²) in [5.74, 6) is 1.09. The van der Waals surface area contributed by atoms with Crippen molar-refractivity contribution in [1.82, 2.24) is 10.2 Å². The van der Waals surface area contributed by atoms with E-state index in [1.165, 1.54) is 0 Å². The molecule has 110 valence electrons. The van der Waals surface area contributed by atoms with Gasteiger partial charge in [-0.15, -0.1) is 0 Å². The maximum absolute atomic E-state index is 12.3. The van der Waals surface area contributed by atoms with E-state index in [4.69, 9.17) is 4.74 Å². The summed E-state index contributed by atoms with van der Waals surface area (Å²) in [6.45, 7) is 2.02. The van der Waals surface area contributed by atoms with Crippen molar-refractivity contribution in [3.05, 3.63) is 29.8 Å². The number of hydrogen-bond acceptors (Lipinski definition) is 3. The minimum absolute atomic E-state index is 0.225. The molecule has 1 saturated heterocycles. The van der Waals surface area contributed by atoms with Crippen LogP contribution in [0.15, 0.2) is 24.3 Å². The lowest BCUT2D eigenvalue weighted by Gasteiger charge is -2.31. The lowest BCUT2D eigenvalue weighted by molar-refractivity contribution is -0.132. The second-order valence-electron chi connectivity index (χ2n) is 5.30. The van der Waals surface area contributed by atoms with Crippen LogP contribution in [-0.2, 0) is 11.2 Å². The Balaban J connectivity index is 1.87. The van der Waals surface area contributed by atoms with E-state index in [0.717, 1.165) is 43.7 Å². The number of nitrogens with one attached hydrogen (secondary N) is 1. The Bertz CT molecular complexity index is 442. The Morgan fingerprint density at radius 2 is 2.05 bits per heavy atom. The molecular formula is C16H24N2O2. The maximum Gasteiger partial charge on any atom is 0.222 e. The summed E-state index contributed by atoms with van der Waals surface area (Å²) in [4.78, 5) is 14.2. The SMILES string of the molecule is COc1ccccc1CCC(=O)N(C)C1CCNCC1. The van der Waals surface area contributed by atoms with Gasteiger partial charge in [0.15, 0.2) is 0 Å². The number of rotatable bonds is 5. The van der Waals surface area contributed by atoms with Crippen molar-refractivity contribution in [1.29, 1.82) is 0 Å². The molecule has 2 rings (SSSR count). The lowest BCUT2D eigenvalue weighted by Crippen LogP contribution is -2.44. The van der Waals surface area contributed by atoms with Gasteiger partial charge in [-0.3, -0.25) is 4.79 Å². The van der Waals surface area contributed by atoms with Crippen LogP contribution in [0.2, 0.25) is 0 Å². The molecule has 0 aliphatic carbocycles. The maximum atomic E-state index is 12.3. The lowest BCUT2D eigenvalue weighted by atomic mass is 10.0. The molecule has 0 radical (unpaired) electrons. The minimum atomic E-state index is 0.225. The molecule has 4 heteroatoms. The molecule has 0 unspecified atom stereocenters. The highest BCUT2D eigenvalue weighted by Gasteiger charge is 2.21. The van der Waals surface area contributed by atoms with E-state index in [1.54, 1.807) is 7.11 Å². The van der Waals surface area contributed by atoms with E-state index >= 15 is 0 Å². The quantitative estimate of drug-likeness (QED) is 0.892. The van der Waals surface area contributed by atoms with Crippen molar-refractivity contribution < 1.29 is 9.53 Å². The molecule has 1 aliphatic rings. The van der Waals surface area contributed by atoms with Gasteiger partial charge in [0.1, 0.15) is 5.75 Å². The highest BCUT2D eigenvalue weighted by Crippen LogP contribution is 2.20. The number of para-hydroxylation sites is 1. The summed E-state index contributed by atoms with van der Waals surface area (Å²) >= 11 is 0. The Labute approximate surface area is 121 Å². The normalized spacial score (nSPS) is 15.9. The van der Waals surface area contributed by atoms with Crippen LogP contribution < -0.4 is 10.1 Å². The average molecular weight is 276 g/mol. The van der Waals surface area contributed by atoms with Crippen molar-refractivity contribution in [3.8, 4) is 5.75 Å². The van der Waals surface area contributed by atoms with Gasteiger partial charge < -0.3 is 15.0 Å². The topological polar surface area (TPSA) is 41.6 Å². The molecule has 0 bridgehead atoms. The molecule has 4 nitrogen and oxygen atoms in total. The van der Waals surface area contributed by atoms with Crippen LogP contribution in [0, 0.1) is 0 Å². The van der Waals surface area contributed by atoms with E-state index in [1.807, 2.05) is 36.2 Å². The number of piperidine rings is 1. The van der Waals surface area contributed by atoms with Crippen LogP contribution in [0.5, 0.6) is 5.75 Å². The number of ether oxygens (including phenoxy) is 1. The van der Waals surface area contributed by atoms with E-state index in [-0.39, 0.29) is 5.91 Å². The number of amides is 1. The van der Waals surface area contributed by atoms with Crippen molar-refractivity contribution >= 4 is 5.91 Å². The largest absolute Gasteiger partial charge is 0.496 e. The van der Waals surface area contributed by atoms with Crippen LogP contribution in [0.4, 0.5) is 0 Å². The van der Waals surface area contributed by atoms with Gasteiger partial charge in [-0.1, -0.05) is 18.2 Å². The number of carbonyl (C=O) groups excluding carboxylic acids is 1. The monoisotopic (exact) mass is 276 g/mol. The molecule has 1 aromatic rings. The summed E-state index contributed by atoms with van der Waals surface area (Å²) < 4.78 is 5.32. The first-order valence-corrected chi connectivity index (χ1v) is 7.30. The highest BCUT2D eigenvalue weighted by atomic mass is 16.5. The fraction of sp³-hybridized carbons (Fsp3) is 0.562. The third-order valence-corrected chi connectivity index (χ3v) is 4.05. The first-order chi connectivity index (χ1) is 9.72. The zero-order valence-corrected chi connectivity index (χ0v) is 12.4. The van der Waals surface area contributed by atoms with Crippen molar-refractivity contribution in [2.24, 2.45) is 0 Å². The third kappa shape index (κ3) is 3.73. The summed E-state index contributed by atoms with van der Waals surface area (Å²) in [6, 6.07) is 8.29. The highest BCUT2D eigenvalue weighted by molar-refractivity contribution is 5.76. The Hall–Kier alpha value is -1.55. The minimum Gasteiger partial charge on any atom is -0.496 e. The molecule has 1 fully saturated rings. The smallest absolute Gasteiger partial charge is 0.222 e. The zero-order chi connectivity index (χ0) is 14.4. The molecule has 1 heterocycles. The van der Waals surface area contributed by atoms with Gasteiger partial charge >= 0.3 is 0 Å². The van der Waals surface area contributed by atoms with Crippen molar-refractivity contribution in [2.45, 2.75) is 31.7 Å². The van der Waals surface area contributed by atoms with Gasteiger partial charge in [0.25, 0.3) is 0 Å². The number of methoxy groups -OCH3 is 1. The van der Waals surface area contributed by atoms with E-state index < -0.39 is 0 Å². The van der Waals surface area contributed by atoms with E-state index in [0.29, 0.717) is 12.5 Å². The molecule has 20 heavy (non-hydrogen) atoms. The van der Waals surface area contributed by atoms with Crippen LogP contribution in [-0.4, -0.2) is 44.1 Å². The molecule has 1 N–H and O–H groups in total. The molecular weight excluding hydrogens is 252 g/mol. The first kappa shape index (κ1) is 14.9. The van der Waals surface area contributed by atoms with Gasteiger partial charge in [0.2, 0.25) is 5.91 Å². The predicted octanol–water partition coefficient (Wildman–Crippen LogP) is 1.84. The van der Waals surface area contributed by atoms with E-state index in [2.05, 4.69) is 5.32 Å². The van der Waals surface area contributed by atoms with Crippen LogP contribution in [0.3, 0.4) is 0 Å². The second-order valence-corrected chi connectivity index (χ2v) is 5.30. The molecule has 0 atom stereocenters. The van der Waals surface area contributed by atoms with Crippen LogP contribution in [0.25, 0.3) is 0 Å². The van der Waals surface area contributed by atoms with Gasteiger partial charge in [0, 0.05) is 19.5 Å². The van der Waals surface area contributed by atoms with Crippen molar-refractivity contribution in [2.75, 3.05) is 27.2 Å². The summed E-state index contributed by atoms with van der Waals surface area (Å²) in [5.41, 5.74) is 1.10. The van der Waals surface area contributed by atoms with Gasteiger partial charge in [0.05, 0.1) is 7.11 Å². The van der Waals surface area contributed by atoms with E-state index in [9.17, 15) is 4.79 Å². The molecule has 0 spiro atoms. The second kappa shape index (κ2) is 7.29. The molecule has 0 saturated carbocycles. The molecule has 0 aromatic heterocycles. The average Bonchev–Trinajstić information content (AvgIpc) is 2.53. The number of aryl methyl sites for hydroxylation is 1. The first-order valence-electron chi connectivity index (χ1n) is 7.30. The predicted molar refractivity (Wildman–Crippen MR) is 80.0 cm³/mol. The fourth-order valence-corrected chi connectivity index (χ4v) is 2.73. The fourth-order valence-electron chi connectivity index (χ4n) is 2.73. The summed E-state index contributed by atoms with van der Waals surface area (Å²) in [7, 11) is 3.60. The summed E-state index contributed by atoms with van der Waals surface area (Å²) in [6.07, 6.45) is 3.38. The van der Waals surface area contributed by atoms with Crippen LogP contribution in [0.1, 0.15) is 24.8 Å². The van der Waals surface area contributed by atoms with Gasteiger partial charge in [-0.25, -0.2) is 0 Å². The Kier molecular flexibility index (Phi) is 5.41. The van der Waals surface area contributed by atoms with Gasteiger partial charge in [-0.2, -0.15) is 0 Å². The van der Waals surface area contributed by atoms with Crippen molar-refractivity contribution in [3.63, 3.8) is 0 Å². The van der Waals surface area contributed by atoms with Crippen LogP contribution >= 0.6 is 0 Å². The Morgan fingerprint density at radius 3 is 2.75 bits per heavy atom. The third-order valence-electron chi connectivity index (χ3n) is 4.05. The zero-order valence-electron chi connectivity index (χ0n) is 12.4. The molecule has 1 aliphatic heterocycles. The summed E-state index contributed by atoms with van der Waals surface area (Å²) in [5, 5.41) is 3.33. The Morgan fingerprint density at radius 1 is 1.35 bits per heavy atom. The number of benzene rings is 1. The standard InChI is InChI=1S/C16H24N2O2/c1-18(14-9-11-17-12-10-14)16(19)8-7-13-5-3-4-6-15(13)20-2/h3-6,14,17H,7-12H2,1-2H3. The van der Waals surface area contributed by atoms with Gasteiger partial charge in [-0.05, 0) is 44.0 Å². The number of hydrogen-bond donors (Lipinski definition) is 1. The number of carbonyl (C=O) groups is 1. The molecule has 1 amide bonds. The number of nitrogens with zero attached hydrogens (tertiary/aromatic N) is 1. The molecule has 1 aromatic carbocycles.